The van der Waals surface area contributed by atoms with Crippen molar-refractivity contribution in [3.63, 3.8) is 0 Å². The fourth-order valence-electron chi connectivity index (χ4n) is 3.46. The second-order valence-corrected chi connectivity index (χ2v) is 9.30. The van der Waals surface area contributed by atoms with E-state index < -0.39 is 15.8 Å². The van der Waals surface area contributed by atoms with Crippen LogP contribution in [-0.2, 0) is 20.6 Å². The molecule has 0 bridgehead atoms. The number of piperidine rings is 1. The summed E-state index contributed by atoms with van der Waals surface area (Å²) < 4.78 is 51.0. The number of carbonyl (C=O) groups excluding carboxylic acids is 1. The Labute approximate surface area is 182 Å². The van der Waals surface area contributed by atoms with Gasteiger partial charge in [-0.3, -0.25) is 4.79 Å². The van der Waals surface area contributed by atoms with E-state index in [1.165, 1.54) is 22.5 Å². The van der Waals surface area contributed by atoms with E-state index in [9.17, 15) is 17.6 Å². The smallest absolute Gasteiger partial charge is 0.223 e. The summed E-state index contributed by atoms with van der Waals surface area (Å²) in [4.78, 5) is 12.4. The lowest BCUT2D eigenvalue weighted by atomic mass is 9.97. The Hall–Kier alpha value is -2.65. The van der Waals surface area contributed by atoms with Gasteiger partial charge in [-0.1, -0.05) is 18.2 Å². The van der Waals surface area contributed by atoms with E-state index in [2.05, 4.69) is 5.32 Å². The molecule has 1 aliphatic heterocycles. The van der Waals surface area contributed by atoms with E-state index in [1.54, 1.807) is 37.4 Å². The molecule has 1 saturated heterocycles. The van der Waals surface area contributed by atoms with E-state index in [0.717, 1.165) is 5.75 Å². The van der Waals surface area contributed by atoms with Gasteiger partial charge in [-0.25, -0.2) is 17.1 Å². The van der Waals surface area contributed by atoms with Crippen molar-refractivity contribution in [1.82, 2.24) is 9.62 Å². The van der Waals surface area contributed by atoms with Crippen molar-refractivity contribution < 1.29 is 27.1 Å². The fourth-order valence-corrected chi connectivity index (χ4v) is 5.04. The number of hydrogen-bond donors (Lipinski definition) is 1. The Morgan fingerprint density at radius 2 is 1.74 bits per heavy atom. The number of sulfonamides is 1. The highest BCUT2D eigenvalue weighted by molar-refractivity contribution is 7.88. The Bertz CT molecular complexity index is 974. The van der Waals surface area contributed by atoms with Crippen LogP contribution in [0.15, 0.2) is 48.5 Å². The summed E-state index contributed by atoms with van der Waals surface area (Å²) in [5.41, 5.74) is 0.152. The molecule has 2 aromatic carbocycles. The lowest BCUT2D eigenvalue weighted by molar-refractivity contribution is -0.126. The minimum Gasteiger partial charge on any atom is -0.497 e. The lowest BCUT2D eigenvalue weighted by Crippen LogP contribution is -2.44. The topological polar surface area (TPSA) is 84.9 Å². The van der Waals surface area contributed by atoms with Gasteiger partial charge in [-0.15, -0.1) is 0 Å². The average Bonchev–Trinajstić information content (AvgIpc) is 2.78. The van der Waals surface area contributed by atoms with Crippen molar-refractivity contribution in [3.8, 4) is 11.5 Å². The number of carbonyl (C=O) groups is 1. The number of nitrogens with zero attached hydrogens (tertiary/aromatic N) is 1. The highest BCUT2D eigenvalue weighted by Crippen LogP contribution is 2.22. The summed E-state index contributed by atoms with van der Waals surface area (Å²) in [5.74, 6) is 0.160. The molecule has 1 N–H and O–H groups in total. The monoisotopic (exact) mass is 450 g/mol. The maximum Gasteiger partial charge on any atom is 0.223 e. The lowest BCUT2D eigenvalue weighted by Gasteiger charge is -2.30. The molecule has 1 fully saturated rings. The van der Waals surface area contributed by atoms with Crippen LogP contribution in [0.2, 0.25) is 0 Å². The van der Waals surface area contributed by atoms with E-state index in [1.807, 2.05) is 0 Å². The van der Waals surface area contributed by atoms with E-state index >= 15 is 0 Å². The minimum atomic E-state index is -3.63. The standard InChI is InChI=1S/C22H27FN2O5S/c1-29-19-6-8-20(9-7-19)30-15-12-24-22(26)17-10-13-25(14-11-17)31(27,28)16-18-4-2-3-5-21(18)23/h2-9,17H,10-16H2,1H3,(H,24,26). The predicted octanol–water partition coefficient (Wildman–Crippen LogP) is 2.57. The van der Waals surface area contributed by atoms with Crippen LogP contribution in [-0.4, -0.2) is 52.0 Å². The van der Waals surface area contributed by atoms with Gasteiger partial charge < -0.3 is 14.8 Å². The molecular formula is C22H27FN2O5S. The van der Waals surface area contributed by atoms with E-state index in [0.29, 0.717) is 31.7 Å². The summed E-state index contributed by atoms with van der Waals surface area (Å²) in [6, 6.07) is 13.0. The first-order valence-corrected chi connectivity index (χ1v) is 11.8. The zero-order valence-corrected chi connectivity index (χ0v) is 18.2. The molecule has 0 radical (unpaired) electrons. The summed E-state index contributed by atoms with van der Waals surface area (Å²) in [5, 5.41) is 2.84. The third kappa shape index (κ3) is 6.41. The molecule has 1 amide bonds. The van der Waals surface area contributed by atoms with E-state index in [4.69, 9.17) is 9.47 Å². The van der Waals surface area contributed by atoms with Gasteiger partial charge in [0.2, 0.25) is 15.9 Å². The summed E-state index contributed by atoms with van der Waals surface area (Å²) in [6.45, 7) is 1.18. The van der Waals surface area contributed by atoms with Gasteiger partial charge in [0.25, 0.3) is 0 Å². The second-order valence-electron chi connectivity index (χ2n) is 7.34. The number of methoxy groups -OCH3 is 1. The number of rotatable bonds is 9. The average molecular weight is 451 g/mol. The van der Waals surface area contributed by atoms with Gasteiger partial charge in [0, 0.05) is 24.6 Å². The fraction of sp³-hybridized carbons (Fsp3) is 0.409. The molecule has 9 heteroatoms. The largest absolute Gasteiger partial charge is 0.497 e. The van der Waals surface area contributed by atoms with E-state index in [-0.39, 0.29) is 36.2 Å². The molecule has 0 aliphatic carbocycles. The molecule has 2 aromatic rings. The molecule has 168 valence electrons. The van der Waals surface area contributed by atoms with Crippen LogP contribution in [0.4, 0.5) is 4.39 Å². The third-order valence-electron chi connectivity index (χ3n) is 5.24. The van der Waals surface area contributed by atoms with Crippen molar-refractivity contribution in [2.24, 2.45) is 5.92 Å². The van der Waals surface area contributed by atoms with Gasteiger partial charge in [-0.05, 0) is 43.2 Å². The molecule has 0 spiro atoms. The quantitative estimate of drug-likeness (QED) is 0.594. The maximum absolute atomic E-state index is 13.8. The minimum absolute atomic E-state index is 0.107. The zero-order chi connectivity index (χ0) is 22.3. The Morgan fingerprint density at radius 3 is 2.39 bits per heavy atom. The number of hydrogen-bond acceptors (Lipinski definition) is 5. The Balaban J connectivity index is 1.40. The zero-order valence-electron chi connectivity index (χ0n) is 17.4. The van der Waals surface area contributed by atoms with Gasteiger partial charge in [0.05, 0.1) is 19.4 Å². The second kappa shape index (κ2) is 10.6. The van der Waals surface area contributed by atoms with Crippen molar-refractivity contribution in [1.29, 1.82) is 0 Å². The van der Waals surface area contributed by atoms with Crippen molar-refractivity contribution in [2.75, 3.05) is 33.4 Å². The van der Waals surface area contributed by atoms with Crippen LogP contribution in [0, 0.1) is 11.7 Å². The predicted molar refractivity (Wildman–Crippen MR) is 115 cm³/mol. The van der Waals surface area contributed by atoms with Crippen LogP contribution in [0.1, 0.15) is 18.4 Å². The highest BCUT2D eigenvalue weighted by atomic mass is 32.2. The van der Waals surface area contributed by atoms with Gasteiger partial charge in [0.15, 0.2) is 0 Å². The summed E-state index contributed by atoms with van der Waals surface area (Å²) in [6.07, 6.45) is 0.864. The Morgan fingerprint density at radius 1 is 1.10 bits per heavy atom. The van der Waals surface area contributed by atoms with Gasteiger partial charge >= 0.3 is 0 Å². The first-order chi connectivity index (χ1) is 14.9. The number of benzene rings is 2. The normalized spacial score (nSPS) is 15.4. The number of amides is 1. The van der Waals surface area contributed by atoms with Gasteiger partial charge in [-0.2, -0.15) is 0 Å². The van der Waals surface area contributed by atoms with Crippen LogP contribution >= 0.6 is 0 Å². The van der Waals surface area contributed by atoms with Crippen LogP contribution in [0.25, 0.3) is 0 Å². The summed E-state index contributed by atoms with van der Waals surface area (Å²) in [7, 11) is -2.04. The molecule has 0 saturated carbocycles. The third-order valence-corrected chi connectivity index (χ3v) is 7.07. The molecule has 0 aromatic heterocycles. The molecule has 0 atom stereocenters. The maximum atomic E-state index is 13.8. The molecular weight excluding hydrogens is 423 g/mol. The molecule has 31 heavy (non-hydrogen) atoms. The summed E-state index contributed by atoms with van der Waals surface area (Å²) >= 11 is 0. The first kappa shape index (κ1) is 23.0. The van der Waals surface area contributed by atoms with Crippen LogP contribution < -0.4 is 14.8 Å². The number of halogens is 1. The Kier molecular flexibility index (Phi) is 7.86. The van der Waals surface area contributed by atoms with Crippen molar-refractivity contribution in [2.45, 2.75) is 18.6 Å². The molecule has 1 heterocycles. The molecule has 0 unspecified atom stereocenters. The number of ether oxygens (including phenoxy) is 2. The van der Waals surface area contributed by atoms with Crippen molar-refractivity contribution >= 4 is 15.9 Å². The molecule has 7 nitrogen and oxygen atoms in total. The highest BCUT2D eigenvalue weighted by Gasteiger charge is 2.31. The number of nitrogens with one attached hydrogen (secondary N) is 1. The van der Waals surface area contributed by atoms with Gasteiger partial charge in [0.1, 0.15) is 23.9 Å². The van der Waals surface area contributed by atoms with Crippen LogP contribution in [0.5, 0.6) is 11.5 Å². The molecule has 3 rings (SSSR count). The first-order valence-electron chi connectivity index (χ1n) is 10.1. The molecule has 1 aliphatic rings. The van der Waals surface area contributed by atoms with Crippen molar-refractivity contribution in [3.05, 3.63) is 59.9 Å². The SMILES string of the molecule is COc1ccc(OCCNC(=O)C2CCN(S(=O)(=O)Cc3ccccc3F)CC2)cc1. The van der Waals surface area contributed by atoms with Crippen LogP contribution in [0.3, 0.4) is 0 Å².